The van der Waals surface area contributed by atoms with Crippen molar-refractivity contribution in [3.05, 3.63) is 17.4 Å². The quantitative estimate of drug-likeness (QED) is 0.432. The fraction of sp³-hybridized carbons (Fsp3) is 0.650. The molecule has 6 nitrogen and oxygen atoms in total. The molecule has 0 aromatic heterocycles. The van der Waals surface area contributed by atoms with Gasteiger partial charge in [0.1, 0.15) is 22.9 Å². The molecule has 28 heavy (non-hydrogen) atoms. The second-order valence-corrected chi connectivity index (χ2v) is 8.66. The Hall–Kier alpha value is -1.80. The van der Waals surface area contributed by atoms with E-state index in [0.29, 0.717) is 6.61 Å². The topological polar surface area (TPSA) is 63.2 Å². The van der Waals surface area contributed by atoms with Gasteiger partial charge in [-0.3, -0.25) is 0 Å². The van der Waals surface area contributed by atoms with Gasteiger partial charge in [-0.25, -0.2) is 9.18 Å². The second-order valence-electron chi connectivity index (χ2n) is 8.66. The molecule has 2 aliphatic rings. The zero-order valence-electron chi connectivity index (χ0n) is 17.6. The third kappa shape index (κ3) is 3.60. The maximum absolute atomic E-state index is 15.2. The highest BCUT2D eigenvalue weighted by Crippen LogP contribution is 2.41. The smallest absolute Gasteiger partial charge is 0.492 e. The molecule has 2 heterocycles. The molecule has 0 N–H and O–H groups in total. The number of carbonyl (C=O) groups excluding carboxylic acids is 1. The van der Waals surface area contributed by atoms with Crippen molar-refractivity contribution in [3.8, 4) is 11.5 Å². The Bertz CT molecular complexity index is 773. The number of benzene rings is 1. The third-order valence-electron chi connectivity index (χ3n) is 5.37. The van der Waals surface area contributed by atoms with Crippen LogP contribution >= 0.6 is 0 Å². The van der Waals surface area contributed by atoms with E-state index in [0.717, 1.165) is 12.8 Å². The largest absolute Gasteiger partial charge is 0.501 e. The van der Waals surface area contributed by atoms with Crippen LogP contribution in [0, 0.1) is 5.82 Å². The molecule has 0 spiro atoms. The SMILES string of the molecule is CCCCOc1cc(F)c(B2OC(C)(C)C(C)(C)O2)c2c1C(=O)OC(C)(C)O2. The van der Waals surface area contributed by atoms with E-state index in [1.807, 2.05) is 34.6 Å². The van der Waals surface area contributed by atoms with Gasteiger partial charge in [0.15, 0.2) is 0 Å². The first-order valence-corrected chi connectivity index (χ1v) is 9.66. The van der Waals surface area contributed by atoms with Crippen molar-refractivity contribution in [2.24, 2.45) is 0 Å². The van der Waals surface area contributed by atoms with Crippen LogP contribution in [0.15, 0.2) is 6.07 Å². The molecule has 0 amide bonds. The van der Waals surface area contributed by atoms with Crippen molar-refractivity contribution in [3.63, 3.8) is 0 Å². The number of esters is 1. The molecule has 0 atom stereocenters. The number of fused-ring (bicyclic) bond motifs is 1. The lowest BCUT2D eigenvalue weighted by Gasteiger charge is -2.34. The zero-order valence-corrected chi connectivity index (χ0v) is 17.6. The normalized spacial score (nSPS) is 21.7. The molecule has 0 saturated carbocycles. The van der Waals surface area contributed by atoms with Gasteiger partial charge in [-0.2, -0.15) is 0 Å². The predicted octanol–water partition coefficient (Wildman–Crippen LogP) is 3.59. The van der Waals surface area contributed by atoms with Gasteiger partial charge in [-0.05, 0) is 34.1 Å². The summed E-state index contributed by atoms with van der Waals surface area (Å²) < 4.78 is 44.1. The van der Waals surface area contributed by atoms with Crippen LogP contribution in [0.2, 0.25) is 0 Å². The monoisotopic (exact) mass is 394 g/mol. The molecule has 1 aromatic carbocycles. The second kappa shape index (κ2) is 6.92. The van der Waals surface area contributed by atoms with Crippen molar-refractivity contribution < 1.29 is 32.7 Å². The Labute approximate surface area is 165 Å². The minimum atomic E-state index is -1.25. The van der Waals surface area contributed by atoms with Crippen LogP contribution in [0.5, 0.6) is 11.5 Å². The van der Waals surface area contributed by atoms with Crippen LogP contribution in [0.3, 0.4) is 0 Å². The Morgan fingerprint density at radius 2 is 1.68 bits per heavy atom. The van der Waals surface area contributed by atoms with Gasteiger partial charge in [0.2, 0.25) is 5.79 Å². The summed E-state index contributed by atoms with van der Waals surface area (Å²) in [4.78, 5) is 12.7. The lowest BCUT2D eigenvalue weighted by atomic mass is 9.76. The van der Waals surface area contributed by atoms with Crippen LogP contribution in [0.25, 0.3) is 0 Å². The van der Waals surface area contributed by atoms with Gasteiger partial charge >= 0.3 is 13.1 Å². The number of cyclic esters (lactones) is 1. The average Bonchev–Trinajstić information content (AvgIpc) is 2.73. The summed E-state index contributed by atoms with van der Waals surface area (Å²) in [6, 6.07) is 1.18. The molecule has 154 valence electrons. The van der Waals surface area contributed by atoms with Gasteiger partial charge in [-0.1, -0.05) is 13.3 Å². The van der Waals surface area contributed by atoms with Crippen LogP contribution in [0.1, 0.15) is 71.7 Å². The molecule has 1 aromatic rings. The van der Waals surface area contributed by atoms with E-state index in [4.69, 9.17) is 23.5 Å². The fourth-order valence-electron chi connectivity index (χ4n) is 3.08. The van der Waals surface area contributed by atoms with Crippen molar-refractivity contribution in [2.45, 2.75) is 78.3 Å². The highest BCUT2D eigenvalue weighted by Gasteiger charge is 2.55. The number of hydrogen-bond acceptors (Lipinski definition) is 6. The van der Waals surface area contributed by atoms with Crippen LogP contribution < -0.4 is 14.9 Å². The van der Waals surface area contributed by atoms with Crippen molar-refractivity contribution in [1.82, 2.24) is 0 Å². The molecular formula is C20H28BFO6. The molecule has 8 heteroatoms. The number of rotatable bonds is 5. The van der Waals surface area contributed by atoms with E-state index in [1.165, 1.54) is 6.07 Å². The summed E-state index contributed by atoms with van der Waals surface area (Å²) in [5.74, 6) is -2.35. The molecule has 1 fully saturated rings. The lowest BCUT2D eigenvalue weighted by molar-refractivity contribution is -0.127. The van der Waals surface area contributed by atoms with Crippen LogP contribution in [-0.4, -0.2) is 36.7 Å². The van der Waals surface area contributed by atoms with Gasteiger partial charge in [-0.15, -0.1) is 0 Å². The van der Waals surface area contributed by atoms with E-state index < -0.39 is 35.9 Å². The Morgan fingerprint density at radius 3 is 2.25 bits per heavy atom. The van der Waals surface area contributed by atoms with E-state index in [1.54, 1.807) is 13.8 Å². The molecule has 3 rings (SSSR count). The average molecular weight is 394 g/mol. The Balaban J connectivity index is 2.12. The fourth-order valence-corrected chi connectivity index (χ4v) is 3.08. The van der Waals surface area contributed by atoms with Crippen molar-refractivity contribution in [2.75, 3.05) is 6.61 Å². The third-order valence-corrected chi connectivity index (χ3v) is 5.37. The highest BCUT2D eigenvalue weighted by molar-refractivity contribution is 6.63. The first-order valence-electron chi connectivity index (χ1n) is 9.66. The molecule has 0 bridgehead atoms. The molecule has 0 radical (unpaired) electrons. The first-order chi connectivity index (χ1) is 12.9. The van der Waals surface area contributed by atoms with Gasteiger partial charge in [0, 0.05) is 19.9 Å². The number of halogens is 1. The summed E-state index contributed by atoms with van der Waals surface area (Å²) in [6.45, 7) is 13.0. The zero-order chi connectivity index (χ0) is 20.9. The number of ether oxygens (including phenoxy) is 3. The van der Waals surface area contributed by atoms with E-state index >= 15 is 4.39 Å². The van der Waals surface area contributed by atoms with Gasteiger partial charge in [0.25, 0.3) is 0 Å². The minimum Gasteiger partial charge on any atom is -0.492 e. The summed E-state index contributed by atoms with van der Waals surface area (Å²) >= 11 is 0. The summed E-state index contributed by atoms with van der Waals surface area (Å²) in [5.41, 5.74) is -1.24. The van der Waals surface area contributed by atoms with Crippen LogP contribution in [0.4, 0.5) is 4.39 Å². The lowest BCUT2D eigenvalue weighted by Crippen LogP contribution is -2.46. The molecular weight excluding hydrogens is 366 g/mol. The summed E-state index contributed by atoms with van der Waals surface area (Å²) in [6.07, 6.45) is 1.68. The molecule has 0 unspecified atom stereocenters. The van der Waals surface area contributed by atoms with E-state index in [2.05, 4.69) is 0 Å². The van der Waals surface area contributed by atoms with E-state index in [-0.39, 0.29) is 22.5 Å². The minimum absolute atomic E-state index is 0.0428. The Morgan fingerprint density at radius 1 is 1.07 bits per heavy atom. The maximum Gasteiger partial charge on any atom is 0.501 e. The first kappa shape index (κ1) is 20.9. The molecule has 0 aliphatic carbocycles. The summed E-state index contributed by atoms with van der Waals surface area (Å²) in [7, 11) is -1.02. The van der Waals surface area contributed by atoms with Crippen LogP contribution in [-0.2, 0) is 14.0 Å². The summed E-state index contributed by atoms with van der Waals surface area (Å²) in [5, 5.41) is 0. The number of unbranched alkanes of at least 4 members (excludes halogenated alkanes) is 1. The van der Waals surface area contributed by atoms with Crippen molar-refractivity contribution >= 4 is 18.6 Å². The van der Waals surface area contributed by atoms with Gasteiger partial charge in [0.05, 0.1) is 23.3 Å². The number of hydrogen-bond donors (Lipinski definition) is 0. The van der Waals surface area contributed by atoms with Gasteiger partial charge < -0.3 is 23.5 Å². The predicted molar refractivity (Wildman–Crippen MR) is 103 cm³/mol. The maximum atomic E-state index is 15.2. The van der Waals surface area contributed by atoms with E-state index in [9.17, 15) is 4.79 Å². The standard InChI is InChI=1S/C20H28BFO6/c1-8-9-10-24-13-11-12(22)15(21-27-18(2,3)19(4,5)28-21)16-14(13)17(23)26-20(6,7)25-16/h11H,8-10H2,1-7H3. The van der Waals surface area contributed by atoms with Crippen molar-refractivity contribution in [1.29, 1.82) is 0 Å². The molecule has 1 saturated heterocycles. The Kier molecular flexibility index (Phi) is 5.17. The molecule has 2 aliphatic heterocycles. The number of carbonyl (C=O) groups is 1. The highest BCUT2D eigenvalue weighted by atomic mass is 19.1.